The van der Waals surface area contributed by atoms with Crippen molar-refractivity contribution in [2.24, 2.45) is 0 Å². The van der Waals surface area contributed by atoms with E-state index >= 15 is 0 Å². The molecule has 1 amide bonds. The van der Waals surface area contributed by atoms with Gasteiger partial charge in [-0.15, -0.1) is 11.8 Å². The molecule has 0 radical (unpaired) electrons. The Morgan fingerprint density at radius 1 is 1.20 bits per heavy atom. The van der Waals surface area contributed by atoms with Gasteiger partial charge in [0.15, 0.2) is 11.5 Å². The number of hydrogen-bond acceptors (Lipinski definition) is 7. The smallest absolute Gasteiger partial charge is 0.240 e. The average molecular weight is 421 g/mol. The number of amides is 1. The summed E-state index contributed by atoms with van der Waals surface area (Å²) in [4.78, 5) is 30.8. The molecule has 1 unspecified atom stereocenters. The van der Waals surface area contributed by atoms with E-state index < -0.39 is 5.41 Å². The van der Waals surface area contributed by atoms with Crippen LogP contribution in [-0.4, -0.2) is 36.5 Å². The van der Waals surface area contributed by atoms with Crippen LogP contribution >= 0.6 is 11.8 Å². The van der Waals surface area contributed by atoms with E-state index in [0.717, 1.165) is 10.7 Å². The van der Waals surface area contributed by atoms with Gasteiger partial charge in [0.05, 0.1) is 5.56 Å². The van der Waals surface area contributed by atoms with Crippen LogP contribution in [0.2, 0.25) is 0 Å². The van der Waals surface area contributed by atoms with Gasteiger partial charge < -0.3 is 15.5 Å². The number of fused-ring (bicyclic) bond motifs is 2. The zero-order valence-corrected chi connectivity index (χ0v) is 16.9. The molecule has 0 bridgehead atoms. The molecule has 30 heavy (non-hydrogen) atoms. The minimum Gasteiger partial charge on any atom is -0.383 e. The van der Waals surface area contributed by atoms with Gasteiger partial charge in [0.1, 0.15) is 33.6 Å². The van der Waals surface area contributed by atoms with Crippen LogP contribution in [0.4, 0.5) is 16.0 Å². The Hall–Kier alpha value is -3.53. The Morgan fingerprint density at radius 2 is 1.97 bits per heavy atom. The molecule has 10 heteroatoms. The number of nitrogen functional groups attached to an aromatic ring is 1. The molecule has 8 nitrogen and oxygen atoms in total. The van der Waals surface area contributed by atoms with Crippen LogP contribution in [0.5, 0.6) is 0 Å². The highest BCUT2D eigenvalue weighted by molar-refractivity contribution is 7.98. The lowest BCUT2D eigenvalue weighted by molar-refractivity contribution is -0.119. The lowest BCUT2D eigenvalue weighted by atomic mass is 9.78. The highest BCUT2D eigenvalue weighted by Gasteiger charge is 2.47. The van der Waals surface area contributed by atoms with E-state index in [9.17, 15) is 9.18 Å². The van der Waals surface area contributed by atoms with Crippen LogP contribution in [0.25, 0.3) is 17.2 Å². The summed E-state index contributed by atoms with van der Waals surface area (Å²) in [6.45, 7) is 1.72. The number of rotatable bonds is 3. The van der Waals surface area contributed by atoms with Gasteiger partial charge in [0, 0.05) is 18.6 Å². The van der Waals surface area contributed by atoms with E-state index in [0.29, 0.717) is 28.5 Å². The quantitative estimate of drug-likeness (QED) is 0.489. The van der Waals surface area contributed by atoms with Gasteiger partial charge >= 0.3 is 0 Å². The number of nitrogens with zero attached hydrogens (tertiary/aromatic N) is 5. The Balaban J connectivity index is 1.67. The van der Waals surface area contributed by atoms with Crippen molar-refractivity contribution in [2.75, 3.05) is 17.3 Å². The monoisotopic (exact) mass is 421 g/mol. The summed E-state index contributed by atoms with van der Waals surface area (Å²) in [6.07, 6.45) is 7.17. The molecule has 0 saturated carbocycles. The van der Waals surface area contributed by atoms with Crippen molar-refractivity contribution < 1.29 is 9.18 Å². The molecule has 0 spiro atoms. The van der Waals surface area contributed by atoms with E-state index in [1.807, 2.05) is 16.9 Å². The van der Waals surface area contributed by atoms with Crippen molar-refractivity contribution in [3.8, 4) is 11.5 Å². The fourth-order valence-electron chi connectivity index (χ4n) is 3.73. The molecule has 0 saturated heterocycles. The number of benzene rings is 1. The summed E-state index contributed by atoms with van der Waals surface area (Å²) in [5.74, 6) is 0.1000. The molecule has 4 aromatic rings. The summed E-state index contributed by atoms with van der Waals surface area (Å²) < 4.78 is 15.2. The van der Waals surface area contributed by atoms with Gasteiger partial charge in [0.25, 0.3) is 0 Å². The van der Waals surface area contributed by atoms with Gasteiger partial charge in [-0.1, -0.05) is 12.1 Å². The van der Waals surface area contributed by atoms with Crippen LogP contribution in [0.3, 0.4) is 0 Å². The lowest BCUT2D eigenvalue weighted by Gasteiger charge is -2.23. The van der Waals surface area contributed by atoms with Crippen molar-refractivity contribution >= 4 is 35.0 Å². The average Bonchev–Trinajstić information content (AvgIpc) is 3.30. The van der Waals surface area contributed by atoms with E-state index in [1.54, 1.807) is 31.5 Å². The normalized spacial score (nSPS) is 17.9. The Morgan fingerprint density at radius 3 is 2.70 bits per heavy atom. The molecule has 3 N–H and O–H groups in total. The standard InChI is InChI=1S/C20H16FN7OS/c1-20(10-3-5-11(21)6-4-10)13-14(22)25-15(26-16(13)27-19(20)29)12-9-28-8-7-23-17(28)18(24-12)30-2/h3-9H,1-2H3,(H3,22,25,26,27,29). The topological polar surface area (TPSA) is 111 Å². The maximum Gasteiger partial charge on any atom is 0.240 e. The molecule has 1 aromatic carbocycles. The highest BCUT2D eigenvalue weighted by atomic mass is 32.2. The summed E-state index contributed by atoms with van der Waals surface area (Å²) in [7, 11) is 0. The maximum absolute atomic E-state index is 13.4. The molecular weight excluding hydrogens is 405 g/mol. The number of imidazole rings is 1. The van der Waals surface area contributed by atoms with Crippen molar-refractivity contribution in [1.29, 1.82) is 0 Å². The Kier molecular flexibility index (Phi) is 4.00. The third-order valence-corrected chi connectivity index (χ3v) is 5.97. The first-order valence-corrected chi connectivity index (χ1v) is 10.3. The fourth-order valence-corrected chi connectivity index (χ4v) is 4.26. The van der Waals surface area contributed by atoms with Gasteiger partial charge in [-0.25, -0.2) is 24.3 Å². The van der Waals surface area contributed by atoms with E-state index in [2.05, 4.69) is 25.3 Å². The molecule has 5 rings (SSSR count). The van der Waals surface area contributed by atoms with Gasteiger partial charge in [0.2, 0.25) is 5.91 Å². The second kappa shape index (κ2) is 6.49. The summed E-state index contributed by atoms with van der Waals surface area (Å²) in [5.41, 5.74) is 7.49. The van der Waals surface area contributed by atoms with Crippen molar-refractivity contribution in [1.82, 2.24) is 24.3 Å². The zero-order chi connectivity index (χ0) is 21.0. The maximum atomic E-state index is 13.4. The molecule has 0 fully saturated rings. The number of hydrogen-bond donors (Lipinski definition) is 2. The molecule has 150 valence electrons. The number of aromatic nitrogens is 5. The van der Waals surface area contributed by atoms with Crippen molar-refractivity contribution in [3.63, 3.8) is 0 Å². The SMILES string of the molecule is CSc1nc(-c2nc(N)c3c(n2)NC(=O)C3(C)c2ccc(F)cc2)cn2ccnc12. The summed E-state index contributed by atoms with van der Waals surface area (Å²) in [5, 5.41) is 3.52. The molecular formula is C20H16FN7OS. The molecule has 0 aliphatic carbocycles. The second-order valence-corrected chi connectivity index (χ2v) is 7.83. The van der Waals surface area contributed by atoms with Gasteiger partial charge in [-0.2, -0.15) is 0 Å². The van der Waals surface area contributed by atoms with E-state index in [-0.39, 0.29) is 17.5 Å². The first-order chi connectivity index (χ1) is 14.4. The summed E-state index contributed by atoms with van der Waals surface area (Å²) >= 11 is 1.46. The Bertz CT molecular complexity index is 1320. The number of nitrogens with two attached hydrogens (primary N) is 1. The second-order valence-electron chi connectivity index (χ2n) is 7.04. The van der Waals surface area contributed by atoms with Crippen LogP contribution in [0, 0.1) is 5.82 Å². The molecule has 1 aliphatic heterocycles. The first-order valence-electron chi connectivity index (χ1n) is 9.05. The molecule has 4 heterocycles. The van der Waals surface area contributed by atoms with Gasteiger partial charge in [-0.3, -0.25) is 4.79 Å². The number of thioether (sulfide) groups is 1. The van der Waals surface area contributed by atoms with Crippen LogP contribution in [-0.2, 0) is 10.2 Å². The number of carbonyl (C=O) groups is 1. The minimum absolute atomic E-state index is 0.165. The number of nitrogens with one attached hydrogen (secondary N) is 1. The Labute approximate surface area is 174 Å². The minimum atomic E-state index is -1.13. The first kappa shape index (κ1) is 18.5. The van der Waals surface area contributed by atoms with Crippen LogP contribution in [0.1, 0.15) is 18.1 Å². The molecule has 1 aliphatic rings. The molecule has 1 atom stereocenters. The van der Waals surface area contributed by atoms with E-state index in [1.165, 1.54) is 23.9 Å². The van der Waals surface area contributed by atoms with Gasteiger partial charge in [-0.05, 0) is 30.9 Å². The van der Waals surface area contributed by atoms with E-state index in [4.69, 9.17) is 5.73 Å². The third-order valence-electron chi connectivity index (χ3n) is 5.31. The summed E-state index contributed by atoms with van der Waals surface area (Å²) in [6, 6.07) is 5.75. The number of anilines is 2. The fraction of sp³-hybridized carbons (Fsp3) is 0.150. The third kappa shape index (κ3) is 2.57. The van der Waals surface area contributed by atoms with Crippen LogP contribution < -0.4 is 11.1 Å². The predicted molar refractivity (Wildman–Crippen MR) is 112 cm³/mol. The lowest BCUT2D eigenvalue weighted by Crippen LogP contribution is -2.33. The zero-order valence-electron chi connectivity index (χ0n) is 16.0. The number of halogens is 1. The predicted octanol–water partition coefficient (Wildman–Crippen LogP) is 2.89. The largest absolute Gasteiger partial charge is 0.383 e. The highest BCUT2D eigenvalue weighted by Crippen LogP contribution is 2.44. The number of carbonyl (C=O) groups excluding carboxylic acids is 1. The van der Waals surface area contributed by atoms with Crippen LogP contribution in [0.15, 0.2) is 47.9 Å². The molecule has 3 aromatic heterocycles. The van der Waals surface area contributed by atoms with Crippen molar-refractivity contribution in [2.45, 2.75) is 17.4 Å². The van der Waals surface area contributed by atoms with Crippen molar-refractivity contribution in [3.05, 3.63) is 59.8 Å².